The second kappa shape index (κ2) is 5.89. The minimum absolute atomic E-state index is 0.222. The SMILES string of the molecule is CCc1cccc2c1N[C@H](c1ccc(Cl)cc1Cl)[C@H]1CC=C[C@@H]21. The van der Waals surface area contributed by atoms with Crippen LogP contribution in [0.25, 0.3) is 0 Å². The Morgan fingerprint density at radius 1 is 1.13 bits per heavy atom. The number of benzene rings is 2. The quantitative estimate of drug-likeness (QED) is 0.623. The average molecular weight is 344 g/mol. The van der Waals surface area contributed by atoms with Gasteiger partial charge in [-0.25, -0.2) is 0 Å². The third-order valence-corrected chi connectivity index (χ3v) is 5.72. The van der Waals surface area contributed by atoms with Gasteiger partial charge in [0.05, 0.1) is 6.04 Å². The Labute approximate surface area is 147 Å². The first-order valence-corrected chi connectivity index (χ1v) is 8.94. The van der Waals surface area contributed by atoms with Crippen molar-refractivity contribution in [2.75, 3.05) is 5.32 Å². The smallest absolute Gasteiger partial charge is 0.0568 e. The molecule has 0 fully saturated rings. The van der Waals surface area contributed by atoms with Crippen LogP contribution in [0, 0.1) is 5.92 Å². The van der Waals surface area contributed by atoms with E-state index in [1.165, 1.54) is 16.8 Å². The van der Waals surface area contributed by atoms with E-state index in [0.29, 0.717) is 16.9 Å². The highest BCUT2D eigenvalue weighted by atomic mass is 35.5. The number of allylic oxidation sites excluding steroid dienone is 2. The molecule has 0 saturated carbocycles. The summed E-state index contributed by atoms with van der Waals surface area (Å²) in [6.45, 7) is 2.21. The lowest BCUT2D eigenvalue weighted by atomic mass is 9.76. The van der Waals surface area contributed by atoms with Gasteiger partial charge in [-0.05, 0) is 47.6 Å². The molecule has 3 atom stereocenters. The van der Waals surface area contributed by atoms with Gasteiger partial charge in [0, 0.05) is 21.7 Å². The highest BCUT2D eigenvalue weighted by Gasteiger charge is 2.39. The van der Waals surface area contributed by atoms with E-state index in [9.17, 15) is 0 Å². The number of nitrogens with one attached hydrogen (secondary N) is 1. The van der Waals surface area contributed by atoms with Crippen LogP contribution in [0.4, 0.5) is 5.69 Å². The molecule has 1 nitrogen and oxygen atoms in total. The zero-order valence-electron chi connectivity index (χ0n) is 13.0. The van der Waals surface area contributed by atoms with E-state index in [2.05, 4.69) is 48.7 Å². The van der Waals surface area contributed by atoms with Crippen molar-refractivity contribution in [1.29, 1.82) is 0 Å². The van der Waals surface area contributed by atoms with Crippen LogP contribution in [-0.2, 0) is 6.42 Å². The van der Waals surface area contributed by atoms with Crippen molar-refractivity contribution in [3.05, 3.63) is 75.3 Å². The molecule has 2 aliphatic rings. The number of aryl methyl sites for hydroxylation is 1. The number of halogens is 2. The Hall–Kier alpha value is -1.44. The van der Waals surface area contributed by atoms with Crippen LogP contribution in [0.1, 0.15) is 42.0 Å². The highest BCUT2D eigenvalue weighted by Crippen LogP contribution is 2.51. The van der Waals surface area contributed by atoms with Crippen LogP contribution >= 0.6 is 23.2 Å². The maximum absolute atomic E-state index is 6.51. The first-order valence-electron chi connectivity index (χ1n) is 8.19. The molecule has 1 N–H and O–H groups in total. The monoisotopic (exact) mass is 343 g/mol. The van der Waals surface area contributed by atoms with Gasteiger partial charge in [0.25, 0.3) is 0 Å². The molecule has 0 spiro atoms. The van der Waals surface area contributed by atoms with Gasteiger partial charge in [0.2, 0.25) is 0 Å². The first kappa shape index (κ1) is 15.1. The molecule has 0 unspecified atom stereocenters. The molecule has 2 aromatic rings. The number of rotatable bonds is 2. The van der Waals surface area contributed by atoms with Crippen molar-refractivity contribution in [2.45, 2.75) is 31.7 Å². The lowest BCUT2D eigenvalue weighted by molar-refractivity contribution is 0.425. The van der Waals surface area contributed by atoms with Gasteiger partial charge in [0.1, 0.15) is 0 Å². The topological polar surface area (TPSA) is 12.0 Å². The van der Waals surface area contributed by atoms with Crippen LogP contribution in [0.2, 0.25) is 10.0 Å². The molecule has 0 radical (unpaired) electrons. The number of para-hydroxylation sites is 1. The molecule has 0 aromatic heterocycles. The van der Waals surface area contributed by atoms with E-state index in [4.69, 9.17) is 23.2 Å². The fraction of sp³-hybridized carbons (Fsp3) is 0.300. The molecule has 118 valence electrons. The molecule has 2 aromatic carbocycles. The van der Waals surface area contributed by atoms with E-state index in [0.717, 1.165) is 23.4 Å². The standard InChI is InChI=1S/C20H19Cl2N/c1-2-12-5-3-7-15-14-6-4-8-16(14)20(23-19(12)15)17-10-9-13(21)11-18(17)22/h3-7,9-11,14,16,20,23H,2,8H2,1H3/t14-,16-,20-/m0/s1. The van der Waals surface area contributed by atoms with Gasteiger partial charge in [-0.3, -0.25) is 0 Å². The zero-order valence-corrected chi connectivity index (χ0v) is 14.5. The van der Waals surface area contributed by atoms with Crippen molar-refractivity contribution >= 4 is 28.9 Å². The summed E-state index contributed by atoms with van der Waals surface area (Å²) in [6.07, 6.45) is 6.78. The van der Waals surface area contributed by atoms with Gasteiger partial charge >= 0.3 is 0 Å². The summed E-state index contributed by atoms with van der Waals surface area (Å²) < 4.78 is 0. The van der Waals surface area contributed by atoms with E-state index < -0.39 is 0 Å². The molecular formula is C20H19Cl2N. The van der Waals surface area contributed by atoms with E-state index in [1.807, 2.05) is 12.1 Å². The summed E-state index contributed by atoms with van der Waals surface area (Å²) >= 11 is 12.6. The largest absolute Gasteiger partial charge is 0.377 e. The van der Waals surface area contributed by atoms with Crippen molar-refractivity contribution in [2.24, 2.45) is 5.92 Å². The molecule has 3 heteroatoms. The third-order valence-electron chi connectivity index (χ3n) is 5.16. The minimum atomic E-state index is 0.222. The molecule has 4 rings (SSSR count). The maximum atomic E-state index is 6.51. The molecule has 23 heavy (non-hydrogen) atoms. The minimum Gasteiger partial charge on any atom is -0.377 e. The van der Waals surface area contributed by atoms with Gasteiger partial charge in [-0.2, -0.15) is 0 Å². The van der Waals surface area contributed by atoms with E-state index in [-0.39, 0.29) is 6.04 Å². The molecule has 0 amide bonds. The fourth-order valence-corrected chi connectivity index (χ4v) is 4.57. The summed E-state index contributed by atoms with van der Waals surface area (Å²) in [6, 6.07) is 12.7. The van der Waals surface area contributed by atoms with Gasteiger partial charge in [-0.1, -0.05) is 66.5 Å². The van der Waals surface area contributed by atoms with Crippen LogP contribution in [0.5, 0.6) is 0 Å². The van der Waals surface area contributed by atoms with Crippen LogP contribution < -0.4 is 5.32 Å². The Morgan fingerprint density at radius 2 is 2.00 bits per heavy atom. The molecule has 1 aliphatic heterocycles. The molecular weight excluding hydrogens is 325 g/mol. The van der Waals surface area contributed by atoms with Gasteiger partial charge in [-0.15, -0.1) is 0 Å². The molecule has 0 bridgehead atoms. The Bertz CT molecular complexity index is 781. The second-order valence-electron chi connectivity index (χ2n) is 6.38. The normalized spacial score (nSPS) is 24.9. The van der Waals surface area contributed by atoms with Gasteiger partial charge in [0.15, 0.2) is 0 Å². The highest BCUT2D eigenvalue weighted by molar-refractivity contribution is 6.35. The van der Waals surface area contributed by atoms with Crippen LogP contribution in [0.3, 0.4) is 0 Å². The van der Waals surface area contributed by atoms with Crippen molar-refractivity contribution < 1.29 is 0 Å². The van der Waals surface area contributed by atoms with E-state index >= 15 is 0 Å². The van der Waals surface area contributed by atoms with Gasteiger partial charge < -0.3 is 5.32 Å². The Kier molecular flexibility index (Phi) is 3.87. The summed E-state index contributed by atoms with van der Waals surface area (Å²) in [5.74, 6) is 0.975. The van der Waals surface area contributed by atoms with Crippen molar-refractivity contribution in [3.8, 4) is 0 Å². The fourth-order valence-electron chi connectivity index (χ4n) is 4.04. The maximum Gasteiger partial charge on any atom is 0.0568 e. The lowest BCUT2D eigenvalue weighted by Crippen LogP contribution is -2.30. The zero-order chi connectivity index (χ0) is 16.0. The predicted octanol–water partition coefficient (Wildman–Crippen LogP) is 6.38. The molecule has 1 heterocycles. The average Bonchev–Trinajstić information content (AvgIpc) is 3.04. The molecule has 0 saturated heterocycles. The Morgan fingerprint density at radius 3 is 2.78 bits per heavy atom. The first-order chi connectivity index (χ1) is 11.2. The summed E-state index contributed by atoms with van der Waals surface area (Å²) in [5.41, 5.74) is 5.23. The summed E-state index contributed by atoms with van der Waals surface area (Å²) in [7, 11) is 0. The molecule has 1 aliphatic carbocycles. The third kappa shape index (κ3) is 2.47. The van der Waals surface area contributed by atoms with Crippen LogP contribution in [0.15, 0.2) is 48.6 Å². The summed E-state index contributed by atoms with van der Waals surface area (Å²) in [5, 5.41) is 5.23. The number of fused-ring (bicyclic) bond motifs is 3. The lowest BCUT2D eigenvalue weighted by Gasteiger charge is -2.39. The predicted molar refractivity (Wildman–Crippen MR) is 98.6 cm³/mol. The van der Waals surface area contributed by atoms with Crippen LogP contribution in [-0.4, -0.2) is 0 Å². The summed E-state index contributed by atoms with van der Waals surface area (Å²) in [4.78, 5) is 0. The second-order valence-corrected chi connectivity index (χ2v) is 7.22. The number of anilines is 1. The van der Waals surface area contributed by atoms with Crippen molar-refractivity contribution in [1.82, 2.24) is 0 Å². The van der Waals surface area contributed by atoms with E-state index in [1.54, 1.807) is 0 Å². The number of hydrogen-bond acceptors (Lipinski definition) is 1. The van der Waals surface area contributed by atoms with Crippen molar-refractivity contribution in [3.63, 3.8) is 0 Å². The Balaban J connectivity index is 1.83. The number of hydrogen-bond donors (Lipinski definition) is 1.